The molecule has 2 saturated heterocycles. The normalized spacial score (nSPS) is 23.5. The number of hydrogen-bond acceptors (Lipinski definition) is 5. The molecule has 7 nitrogen and oxygen atoms in total. The van der Waals surface area contributed by atoms with Gasteiger partial charge in [0.1, 0.15) is 0 Å². The Labute approximate surface area is 128 Å². The van der Waals surface area contributed by atoms with Crippen molar-refractivity contribution in [2.75, 3.05) is 65.6 Å². The zero-order chi connectivity index (χ0) is 15.1. The molecule has 2 rings (SSSR count). The third-order valence-corrected chi connectivity index (χ3v) is 6.17. The van der Waals surface area contributed by atoms with Gasteiger partial charge in [0.15, 0.2) is 0 Å². The lowest BCUT2D eigenvalue weighted by Crippen LogP contribution is -2.54. The van der Waals surface area contributed by atoms with Gasteiger partial charge in [-0.2, -0.15) is 17.0 Å². The van der Waals surface area contributed by atoms with Crippen molar-refractivity contribution in [3.8, 4) is 0 Å². The van der Waals surface area contributed by atoms with Crippen molar-refractivity contribution in [3.63, 3.8) is 0 Å². The topological polar surface area (TPSA) is 79.1 Å². The van der Waals surface area contributed by atoms with Crippen LogP contribution in [0, 0.1) is 0 Å². The molecule has 2 fully saturated rings. The molecule has 0 aromatic heterocycles. The third-order valence-electron chi connectivity index (χ3n) is 4.13. The van der Waals surface area contributed by atoms with Gasteiger partial charge in [0, 0.05) is 39.3 Å². The van der Waals surface area contributed by atoms with Gasteiger partial charge in [0.2, 0.25) is 0 Å². The summed E-state index contributed by atoms with van der Waals surface area (Å²) in [7, 11) is -3.29. The predicted molar refractivity (Wildman–Crippen MR) is 82.2 cm³/mol. The molecule has 0 radical (unpaired) electrons. The Bertz CT molecular complexity index is 390. The van der Waals surface area contributed by atoms with Crippen LogP contribution in [0.2, 0.25) is 0 Å². The van der Waals surface area contributed by atoms with Gasteiger partial charge in [-0.15, -0.1) is 0 Å². The summed E-state index contributed by atoms with van der Waals surface area (Å²) in [5, 5.41) is 0. The van der Waals surface area contributed by atoms with E-state index in [0.29, 0.717) is 39.4 Å². The number of ether oxygens (including phenoxy) is 1. The highest BCUT2D eigenvalue weighted by atomic mass is 32.2. The monoisotopic (exact) mass is 320 g/mol. The van der Waals surface area contributed by atoms with Crippen LogP contribution in [0.4, 0.5) is 0 Å². The molecule has 2 aliphatic heterocycles. The van der Waals surface area contributed by atoms with Crippen molar-refractivity contribution in [1.82, 2.24) is 13.5 Å². The SMILES string of the molecule is NCCCCCN1CCN(S(=O)(=O)N2CCOCC2)CC1. The average Bonchev–Trinajstić information content (AvgIpc) is 2.53. The Balaban J connectivity index is 1.74. The minimum atomic E-state index is -3.29. The van der Waals surface area contributed by atoms with Crippen molar-refractivity contribution in [1.29, 1.82) is 0 Å². The highest BCUT2D eigenvalue weighted by Gasteiger charge is 2.32. The fourth-order valence-electron chi connectivity index (χ4n) is 2.78. The molecule has 2 N–H and O–H groups in total. The molecule has 0 aromatic carbocycles. The fraction of sp³-hybridized carbons (Fsp3) is 1.00. The predicted octanol–water partition coefficient (Wildman–Crippen LogP) is -0.690. The summed E-state index contributed by atoms with van der Waals surface area (Å²) >= 11 is 0. The van der Waals surface area contributed by atoms with Crippen LogP contribution >= 0.6 is 0 Å². The lowest BCUT2D eigenvalue weighted by molar-refractivity contribution is 0.0685. The maximum Gasteiger partial charge on any atom is 0.282 e. The van der Waals surface area contributed by atoms with Crippen LogP contribution in [0.15, 0.2) is 0 Å². The smallest absolute Gasteiger partial charge is 0.282 e. The molecule has 0 bridgehead atoms. The van der Waals surface area contributed by atoms with E-state index in [2.05, 4.69) is 4.90 Å². The number of piperazine rings is 1. The molecule has 21 heavy (non-hydrogen) atoms. The van der Waals surface area contributed by atoms with Gasteiger partial charge in [-0.3, -0.25) is 0 Å². The molecule has 0 saturated carbocycles. The summed E-state index contributed by atoms with van der Waals surface area (Å²) in [6, 6.07) is 0. The molecule has 8 heteroatoms. The summed E-state index contributed by atoms with van der Waals surface area (Å²) < 4.78 is 33.4. The lowest BCUT2D eigenvalue weighted by Gasteiger charge is -2.37. The van der Waals surface area contributed by atoms with Gasteiger partial charge in [0.25, 0.3) is 10.2 Å². The molecule has 124 valence electrons. The quantitative estimate of drug-likeness (QED) is 0.628. The van der Waals surface area contributed by atoms with E-state index in [1.807, 2.05) is 0 Å². The van der Waals surface area contributed by atoms with E-state index in [1.54, 1.807) is 8.61 Å². The number of hydrogen-bond donors (Lipinski definition) is 1. The van der Waals surface area contributed by atoms with Gasteiger partial charge in [-0.25, -0.2) is 0 Å². The zero-order valence-electron chi connectivity index (χ0n) is 12.7. The molecule has 0 aromatic rings. The summed E-state index contributed by atoms with van der Waals surface area (Å²) in [6.07, 6.45) is 3.38. The van der Waals surface area contributed by atoms with Crippen LogP contribution in [0.5, 0.6) is 0 Å². The molecular formula is C13H28N4O3S. The second-order valence-electron chi connectivity index (χ2n) is 5.61. The first-order chi connectivity index (χ1) is 10.1. The highest BCUT2D eigenvalue weighted by molar-refractivity contribution is 7.86. The molecule has 0 spiro atoms. The first-order valence-corrected chi connectivity index (χ1v) is 9.29. The first kappa shape index (κ1) is 17.1. The van der Waals surface area contributed by atoms with Crippen molar-refractivity contribution in [3.05, 3.63) is 0 Å². The van der Waals surface area contributed by atoms with E-state index in [1.165, 1.54) is 0 Å². The van der Waals surface area contributed by atoms with Gasteiger partial charge in [-0.1, -0.05) is 6.42 Å². The molecular weight excluding hydrogens is 292 g/mol. The molecule has 0 amide bonds. The number of morpholine rings is 1. The Hall–Kier alpha value is -0.250. The van der Waals surface area contributed by atoms with Crippen LogP contribution in [0.1, 0.15) is 19.3 Å². The average molecular weight is 320 g/mol. The summed E-state index contributed by atoms with van der Waals surface area (Å²) in [6.45, 7) is 6.59. The molecule has 0 atom stereocenters. The van der Waals surface area contributed by atoms with Gasteiger partial charge in [-0.05, 0) is 25.9 Å². The van der Waals surface area contributed by atoms with Crippen LogP contribution in [0.3, 0.4) is 0 Å². The van der Waals surface area contributed by atoms with Crippen LogP contribution < -0.4 is 5.73 Å². The van der Waals surface area contributed by atoms with E-state index >= 15 is 0 Å². The molecule has 2 heterocycles. The van der Waals surface area contributed by atoms with Gasteiger partial charge >= 0.3 is 0 Å². The molecule has 2 aliphatic rings. The van der Waals surface area contributed by atoms with E-state index in [0.717, 1.165) is 45.4 Å². The maximum atomic E-state index is 12.5. The standard InChI is InChI=1S/C13H28N4O3S/c14-4-2-1-3-5-15-6-8-16(9-7-15)21(18,19)17-10-12-20-13-11-17/h1-14H2. The number of rotatable bonds is 7. The number of nitrogens with zero attached hydrogens (tertiary/aromatic N) is 3. The Morgan fingerprint density at radius 1 is 0.857 bits per heavy atom. The van der Waals surface area contributed by atoms with E-state index in [-0.39, 0.29) is 0 Å². The van der Waals surface area contributed by atoms with Crippen molar-refractivity contribution < 1.29 is 13.2 Å². The Morgan fingerprint density at radius 2 is 1.48 bits per heavy atom. The van der Waals surface area contributed by atoms with Crippen LogP contribution in [-0.4, -0.2) is 87.5 Å². The summed E-state index contributed by atoms with van der Waals surface area (Å²) in [4.78, 5) is 2.35. The van der Waals surface area contributed by atoms with Gasteiger partial charge < -0.3 is 15.4 Å². The Morgan fingerprint density at radius 3 is 2.10 bits per heavy atom. The van der Waals surface area contributed by atoms with Crippen LogP contribution in [0.25, 0.3) is 0 Å². The zero-order valence-corrected chi connectivity index (χ0v) is 13.6. The minimum absolute atomic E-state index is 0.474. The first-order valence-electron chi connectivity index (χ1n) is 7.90. The Kier molecular flexibility index (Phi) is 6.84. The van der Waals surface area contributed by atoms with Crippen LogP contribution in [-0.2, 0) is 14.9 Å². The van der Waals surface area contributed by atoms with Crippen molar-refractivity contribution >= 4 is 10.2 Å². The maximum absolute atomic E-state index is 12.5. The largest absolute Gasteiger partial charge is 0.379 e. The second kappa shape index (κ2) is 8.40. The van der Waals surface area contributed by atoms with Crippen molar-refractivity contribution in [2.24, 2.45) is 5.73 Å². The molecule has 0 unspecified atom stereocenters. The fourth-order valence-corrected chi connectivity index (χ4v) is 4.34. The lowest BCUT2D eigenvalue weighted by atomic mass is 10.2. The highest BCUT2D eigenvalue weighted by Crippen LogP contribution is 2.14. The molecule has 0 aliphatic carbocycles. The summed E-state index contributed by atoms with van der Waals surface area (Å²) in [5.74, 6) is 0. The minimum Gasteiger partial charge on any atom is -0.379 e. The number of unbranched alkanes of at least 4 members (excludes halogenated alkanes) is 2. The van der Waals surface area contributed by atoms with E-state index in [9.17, 15) is 8.42 Å². The second-order valence-corrected chi connectivity index (χ2v) is 7.54. The van der Waals surface area contributed by atoms with Gasteiger partial charge in [0.05, 0.1) is 13.2 Å². The van der Waals surface area contributed by atoms with Crippen molar-refractivity contribution in [2.45, 2.75) is 19.3 Å². The third kappa shape index (κ3) is 4.87. The summed E-state index contributed by atoms with van der Waals surface area (Å²) in [5.41, 5.74) is 5.48. The van der Waals surface area contributed by atoms with E-state index in [4.69, 9.17) is 10.5 Å². The van der Waals surface area contributed by atoms with E-state index < -0.39 is 10.2 Å². The number of nitrogens with two attached hydrogens (primary N) is 1.